The first-order valence-corrected chi connectivity index (χ1v) is 13.3. The molecule has 2 atom stereocenters. The second-order valence-electron chi connectivity index (χ2n) is 8.88. The number of hydrogen-bond donors (Lipinski definition) is 1. The van der Waals surface area contributed by atoms with Crippen molar-refractivity contribution in [2.24, 2.45) is 0 Å². The number of benzene rings is 2. The lowest BCUT2D eigenvalue weighted by Gasteiger charge is -2.34. The highest BCUT2D eigenvalue weighted by molar-refractivity contribution is 7.90. The zero-order valence-electron chi connectivity index (χ0n) is 21.6. The summed E-state index contributed by atoms with van der Waals surface area (Å²) in [5, 5.41) is 2.97. The number of amides is 2. The number of hydrogen-bond acceptors (Lipinski definition) is 4. The van der Waals surface area contributed by atoms with Crippen LogP contribution in [0.1, 0.15) is 44.7 Å². The van der Waals surface area contributed by atoms with Crippen molar-refractivity contribution >= 4 is 27.7 Å². The Kier molecular flexibility index (Phi) is 10.3. The molecule has 0 spiro atoms. The van der Waals surface area contributed by atoms with Crippen LogP contribution in [-0.4, -0.2) is 62.2 Å². The Bertz CT molecular complexity index is 1070. The Hall–Kier alpha value is -2.91. The first kappa shape index (κ1) is 28.3. The van der Waals surface area contributed by atoms with E-state index < -0.39 is 28.7 Å². The lowest BCUT2D eigenvalue weighted by Crippen LogP contribution is -2.54. The van der Waals surface area contributed by atoms with E-state index in [0.29, 0.717) is 12.1 Å². The molecule has 0 saturated carbocycles. The average molecular weight is 503 g/mol. The zero-order chi connectivity index (χ0) is 26.2. The highest BCUT2D eigenvalue weighted by atomic mass is 32.2. The summed E-state index contributed by atoms with van der Waals surface area (Å²) in [6.45, 7) is 7.48. The fraction of sp³-hybridized carbons (Fsp3) is 0.462. The number of carbonyl (C=O) groups is 2. The van der Waals surface area contributed by atoms with E-state index >= 15 is 0 Å². The molecule has 0 radical (unpaired) electrons. The van der Waals surface area contributed by atoms with Gasteiger partial charge in [-0.15, -0.1) is 0 Å². The van der Waals surface area contributed by atoms with Gasteiger partial charge in [-0.1, -0.05) is 61.9 Å². The van der Waals surface area contributed by atoms with Crippen LogP contribution in [-0.2, 0) is 26.3 Å². The summed E-state index contributed by atoms with van der Waals surface area (Å²) in [6.07, 6.45) is 1.16. The quantitative estimate of drug-likeness (QED) is 0.482. The molecule has 0 aliphatic heterocycles. The van der Waals surface area contributed by atoms with Gasteiger partial charge in [0, 0.05) is 26.7 Å². The molecule has 0 aromatic heterocycles. The highest BCUT2D eigenvalue weighted by Crippen LogP contribution is 2.21. The summed E-state index contributed by atoms with van der Waals surface area (Å²) in [4.78, 5) is 28.4. The highest BCUT2D eigenvalue weighted by Gasteiger charge is 2.33. The molecular weight excluding hydrogens is 464 g/mol. The van der Waals surface area contributed by atoms with Gasteiger partial charge in [0.05, 0.1) is 5.69 Å². The molecule has 0 aliphatic carbocycles. The van der Waals surface area contributed by atoms with Crippen LogP contribution < -0.4 is 9.62 Å². The number of para-hydroxylation sites is 1. The van der Waals surface area contributed by atoms with Crippen molar-refractivity contribution in [2.45, 2.75) is 59.2 Å². The predicted molar refractivity (Wildman–Crippen MR) is 140 cm³/mol. The van der Waals surface area contributed by atoms with Gasteiger partial charge in [0.1, 0.15) is 12.6 Å². The maximum Gasteiger partial charge on any atom is 0.304 e. The van der Waals surface area contributed by atoms with Gasteiger partial charge in [-0.3, -0.25) is 9.59 Å². The maximum atomic E-state index is 13.7. The molecule has 0 saturated heterocycles. The van der Waals surface area contributed by atoms with Crippen molar-refractivity contribution in [2.75, 3.05) is 24.9 Å². The van der Waals surface area contributed by atoms with E-state index in [-0.39, 0.29) is 18.5 Å². The molecule has 2 rings (SSSR count). The lowest BCUT2D eigenvalue weighted by atomic mass is 10.1. The minimum Gasteiger partial charge on any atom is -0.352 e. The Morgan fingerprint density at radius 1 is 0.943 bits per heavy atom. The SMILES string of the molecule is CC[C@H](C)NC(=O)[C@H](CC)N(Cc1ccc(C)cc1)C(=O)CN(c1ccccc1)S(=O)(=O)N(C)C. The molecule has 35 heavy (non-hydrogen) atoms. The molecule has 2 aromatic carbocycles. The average Bonchev–Trinajstić information content (AvgIpc) is 2.83. The summed E-state index contributed by atoms with van der Waals surface area (Å²) in [6, 6.07) is 15.5. The molecule has 0 heterocycles. The van der Waals surface area contributed by atoms with Gasteiger partial charge in [-0.2, -0.15) is 12.7 Å². The fourth-order valence-electron chi connectivity index (χ4n) is 3.56. The Morgan fingerprint density at radius 3 is 2.06 bits per heavy atom. The first-order valence-electron chi connectivity index (χ1n) is 11.9. The van der Waals surface area contributed by atoms with Gasteiger partial charge < -0.3 is 10.2 Å². The molecule has 0 unspecified atom stereocenters. The normalized spacial score (nSPS) is 13.2. The predicted octanol–water partition coefficient (Wildman–Crippen LogP) is 3.33. The van der Waals surface area contributed by atoms with E-state index in [1.807, 2.05) is 52.0 Å². The van der Waals surface area contributed by atoms with Gasteiger partial charge in [-0.05, 0) is 44.4 Å². The molecule has 0 aliphatic rings. The van der Waals surface area contributed by atoms with Crippen LogP contribution in [0.3, 0.4) is 0 Å². The number of aryl methyl sites for hydroxylation is 1. The van der Waals surface area contributed by atoms with Crippen LogP contribution in [0.4, 0.5) is 5.69 Å². The molecule has 8 nitrogen and oxygen atoms in total. The van der Waals surface area contributed by atoms with E-state index in [9.17, 15) is 18.0 Å². The van der Waals surface area contributed by atoms with Crippen molar-refractivity contribution in [1.82, 2.24) is 14.5 Å². The van der Waals surface area contributed by atoms with Crippen molar-refractivity contribution in [3.63, 3.8) is 0 Å². The van der Waals surface area contributed by atoms with Crippen molar-refractivity contribution in [3.05, 3.63) is 65.7 Å². The Labute approximate surface area is 210 Å². The van der Waals surface area contributed by atoms with Crippen LogP contribution in [0.15, 0.2) is 54.6 Å². The number of anilines is 1. The third-order valence-electron chi connectivity index (χ3n) is 5.92. The van der Waals surface area contributed by atoms with Crippen LogP contribution in [0, 0.1) is 6.92 Å². The zero-order valence-corrected chi connectivity index (χ0v) is 22.4. The molecule has 0 fully saturated rings. The summed E-state index contributed by atoms with van der Waals surface area (Å²) in [5.74, 6) is -0.699. The Balaban J connectivity index is 2.46. The fourth-order valence-corrected chi connectivity index (χ4v) is 4.62. The molecule has 1 N–H and O–H groups in total. The third-order valence-corrected chi connectivity index (χ3v) is 7.74. The monoisotopic (exact) mass is 502 g/mol. The maximum absolute atomic E-state index is 13.7. The number of carbonyl (C=O) groups excluding carboxylic acids is 2. The van der Waals surface area contributed by atoms with Gasteiger partial charge in [0.15, 0.2) is 0 Å². The smallest absolute Gasteiger partial charge is 0.304 e. The summed E-state index contributed by atoms with van der Waals surface area (Å²) in [7, 11) is -1.11. The van der Waals surface area contributed by atoms with E-state index in [1.54, 1.807) is 30.3 Å². The van der Waals surface area contributed by atoms with E-state index in [2.05, 4.69) is 5.32 Å². The molecule has 192 valence electrons. The molecule has 2 aromatic rings. The van der Waals surface area contributed by atoms with Crippen LogP contribution in [0.5, 0.6) is 0 Å². The van der Waals surface area contributed by atoms with Gasteiger partial charge >= 0.3 is 10.2 Å². The van der Waals surface area contributed by atoms with Gasteiger partial charge in [-0.25, -0.2) is 4.31 Å². The summed E-state index contributed by atoms with van der Waals surface area (Å²) in [5.41, 5.74) is 2.32. The van der Waals surface area contributed by atoms with Crippen molar-refractivity contribution in [1.29, 1.82) is 0 Å². The minimum atomic E-state index is -3.96. The van der Waals surface area contributed by atoms with Crippen LogP contribution >= 0.6 is 0 Å². The standard InChI is InChI=1S/C26H38N4O4S/c1-7-21(4)27-26(32)24(8-2)29(18-22-16-14-20(3)15-17-22)25(31)19-30(35(33,34)28(5)6)23-12-10-9-11-13-23/h9-17,21,24H,7-8,18-19H2,1-6H3,(H,27,32)/t21-,24-/m0/s1. The summed E-state index contributed by atoms with van der Waals surface area (Å²) < 4.78 is 28.4. The van der Waals surface area contributed by atoms with E-state index in [0.717, 1.165) is 26.2 Å². The van der Waals surface area contributed by atoms with E-state index in [1.165, 1.54) is 19.0 Å². The second kappa shape index (κ2) is 12.7. The second-order valence-corrected chi connectivity index (χ2v) is 10.9. The minimum absolute atomic E-state index is 0.0391. The molecular formula is C26H38N4O4S. The lowest BCUT2D eigenvalue weighted by molar-refractivity contribution is -0.140. The van der Waals surface area contributed by atoms with Crippen LogP contribution in [0.2, 0.25) is 0 Å². The van der Waals surface area contributed by atoms with E-state index in [4.69, 9.17) is 0 Å². The van der Waals surface area contributed by atoms with Crippen molar-refractivity contribution in [3.8, 4) is 0 Å². The number of rotatable bonds is 12. The molecule has 9 heteroatoms. The number of nitrogens with one attached hydrogen (secondary N) is 1. The molecule has 0 bridgehead atoms. The largest absolute Gasteiger partial charge is 0.352 e. The topological polar surface area (TPSA) is 90.0 Å². The third kappa shape index (κ3) is 7.53. The van der Waals surface area contributed by atoms with Crippen molar-refractivity contribution < 1.29 is 18.0 Å². The van der Waals surface area contributed by atoms with Gasteiger partial charge in [0.25, 0.3) is 0 Å². The summed E-state index contributed by atoms with van der Waals surface area (Å²) >= 11 is 0. The molecule has 2 amide bonds. The Morgan fingerprint density at radius 2 is 1.54 bits per heavy atom. The van der Waals surface area contributed by atoms with Crippen LogP contribution in [0.25, 0.3) is 0 Å². The number of nitrogens with zero attached hydrogens (tertiary/aromatic N) is 3. The van der Waals surface area contributed by atoms with Gasteiger partial charge in [0.2, 0.25) is 11.8 Å². The first-order chi connectivity index (χ1) is 16.5.